The van der Waals surface area contributed by atoms with Gasteiger partial charge < -0.3 is 5.32 Å². The van der Waals surface area contributed by atoms with Crippen molar-refractivity contribution in [1.29, 1.82) is 0 Å². The van der Waals surface area contributed by atoms with Gasteiger partial charge in [0.2, 0.25) is 0 Å². The quantitative estimate of drug-likeness (QED) is 0.799. The second-order valence-electron chi connectivity index (χ2n) is 3.59. The number of hydrogen-bond donors (Lipinski definition) is 2. The van der Waals surface area contributed by atoms with Crippen LogP contribution in [0.25, 0.3) is 0 Å². The summed E-state index contributed by atoms with van der Waals surface area (Å²) in [4.78, 5) is 15.6. The largest absolute Gasteiger partial charge is 0.338 e. The predicted octanol–water partition coefficient (Wildman–Crippen LogP) is 2.35. The van der Waals surface area contributed by atoms with Crippen LogP contribution in [0.4, 0.5) is 10.6 Å². The smallest absolute Gasteiger partial charge is 0.320 e. The molecule has 0 aliphatic rings. The van der Waals surface area contributed by atoms with Crippen LogP contribution in [-0.2, 0) is 0 Å². The van der Waals surface area contributed by atoms with Gasteiger partial charge in [0.05, 0.1) is 0 Å². The molecule has 0 unspecified atom stereocenters. The number of carbonyl (C=O) groups is 1. The van der Waals surface area contributed by atoms with E-state index in [0.29, 0.717) is 18.3 Å². The molecule has 1 heterocycles. The molecule has 0 aliphatic carbocycles. The molecule has 0 radical (unpaired) electrons. The van der Waals surface area contributed by atoms with Gasteiger partial charge in [0.15, 0.2) is 0 Å². The monoisotopic (exact) mass is 207 g/mol. The molecule has 1 rings (SSSR count). The van der Waals surface area contributed by atoms with E-state index in [0.717, 1.165) is 5.69 Å². The first-order valence-electron chi connectivity index (χ1n) is 5.15. The summed E-state index contributed by atoms with van der Waals surface area (Å²) in [6.07, 6.45) is 0. The highest BCUT2D eigenvalue weighted by Gasteiger charge is 2.04. The van der Waals surface area contributed by atoms with Gasteiger partial charge in [0.25, 0.3) is 0 Å². The van der Waals surface area contributed by atoms with E-state index in [1.165, 1.54) is 0 Å². The lowest BCUT2D eigenvalue weighted by atomic mass is 10.1. The summed E-state index contributed by atoms with van der Waals surface area (Å²) in [5, 5.41) is 5.33. The minimum Gasteiger partial charge on any atom is -0.338 e. The Hall–Kier alpha value is -1.58. The molecule has 1 aromatic rings. The maximum absolute atomic E-state index is 11.2. The van der Waals surface area contributed by atoms with E-state index in [2.05, 4.69) is 29.5 Å². The number of carbonyl (C=O) groups excluding carboxylic acids is 1. The molecule has 0 saturated heterocycles. The van der Waals surface area contributed by atoms with Crippen LogP contribution < -0.4 is 10.6 Å². The molecule has 0 bridgehead atoms. The van der Waals surface area contributed by atoms with E-state index >= 15 is 0 Å². The van der Waals surface area contributed by atoms with Crippen molar-refractivity contribution in [3.63, 3.8) is 0 Å². The van der Waals surface area contributed by atoms with Crippen LogP contribution in [0.1, 0.15) is 32.4 Å². The van der Waals surface area contributed by atoms with Crippen molar-refractivity contribution in [2.45, 2.75) is 26.7 Å². The summed E-state index contributed by atoms with van der Waals surface area (Å²) in [6, 6.07) is 5.41. The Morgan fingerprint density at radius 1 is 1.47 bits per heavy atom. The molecule has 2 N–H and O–H groups in total. The Labute approximate surface area is 90.1 Å². The lowest BCUT2D eigenvalue weighted by Crippen LogP contribution is -2.28. The number of hydrogen-bond acceptors (Lipinski definition) is 2. The fourth-order valence-corrected chi connectivity index (χ4v) is 1.16. The van der Waals surface area contributed by atoms with Crippen molar-refractivity contribution in [3.8, 4) is 0 Å². The van der Waals surface area contributed by atoms with Gasteiger partial charge >= 0.3 is 6.03 Å². The standard InChI is InChI=1S/C11H17N3O/c1-4-12-11(15)14-10-7-5-6-9(13-10)8(2)3/h5-8H,4H2,1-3H3,(H2,12,13,14,15). The Bertz CT molecular complexity index is 336. The molecule has 82 valence electrons. The first-order chi connectivity index (χ1) is 7.13. The Morgan fingerprint density at radius 2 is 2.20 bits per heavy atom. The molecule has 4 nitrogen and oxygen atoms in total. The third-order valence-corrected chi connectivity index (χ3v) is 1.94. The molecule has 4 heteroatoms. The highest BCUT2D eigenvalue weighted by Crippen LogP contribution is 2.13. The average molecular weight is 207 g/mol. The van der Waals surface area contributed by atoms with E-state index < -0.39 is 0 Å². The second-order valence-corrected chi connectivity index (χ2v) is 3.59. The van der Waals surface area contributed by atoms with Gasteiger partial charge in [0, 0.05) is 12.2 Å². The fourth-order valence-electron chi connectivity index (χ4n) is 1.16. The van der Waals surface area contributed by atoms with E-state index in [4.69, 9.17) is 0 Å². The molecule has 2 amide bonds. The maximum atomic E-state index is 11.2. The molecule has 0 saturated carbocycles. The highest BCUT2D eigenvalue weighted by molar-refractivity contribution is 5.88. The minimum absolute atomic E-state index is 0.217. The summed E-state index contributed by atoms with van der Waals surface area (Å²) in [6.45, 7) is 6.61. The van der Waals surface area contributed by atoms with Crippen LogP contribution >= 0.6 is 0 Å². The van der Waals surface area contributed by atoms with E-state index in [-0.39, 0.29) is 6.03 Å². The van der Waals surface area contributed by atoms with E-state index in [1.807, 2.05) is 19.1 Å². The Balaban J connectivity index is 2.69. The highest BCUT2D eigenvalue weighted by atomic mass is 16.2. The third kappa shape index (κ3) is 3.58. The molecular formula is C11H17N3O. The van der Waals surface area contributed by atoms with Gasteiger partial charge in [-0.05, 0) is 25.0 Å². The van der Waals surface area contributed by atoms with Gasteiger partial charge in [-0.3, -0.25) is 5.32 Å². The summed E-state index contributed by atoms with van der Waals surface area (Å²) in [5.41, 5.74) is 0.976. The normalized spacial score (nSPS) is 10.1. The van der Waals surface area contributed by atoms with Crippen LogP contribution in [0.15, 0.2) is 18.2 Å². The van der Waals surface area contributed by atoms with Crippen LogP contribution in [0.2, 0.25) is 0 Å². The number of pyridine rings is 1. The van der Waals surface area contributed by atoms with Crippen molar-refractivity contribution in [1.82, 2.24) is 10.3 Å². The van der Waals surface area contributed by atoms with Crippen LogP contribution in [0.3, 0.4) is 0 Å². The summed E-state index contributed by atoms with van der Waals surface area (Å²) in [7, 11) is 0. The van der Waals surface area contributed by atoms with Gasteiger partial charge in [-0.2, -0.15) is 0 Å². The number of aromatic nitrogens is 1. The number of rotatable bonds is 3. The first-order valence-corrected chi connectivity index (χ1v) is 5.15. The average Bonchev–Trinajstić information content (AvgIpc) is 2.18. The van der Waals surface area contributed by atoms with Crippen LogP contribution in [-0.4, -0.2) is 17.6 Å². The topological polar surface area (TPSA) is 54.0 Å². The number of urea groups is 1. The zero-order valence-electron chi connectivity index (χ0n) is 9.37. The van der Waals surface area contributed by atoms with E-state index in [9.17, 15) is 4.79 Å². The number of amides is 2. The molecule has 15 heavy (non-hydrogen) atoms. The SMILES string of the molecule is CCNC(=O)Nc1cccc(C(C)C)n1. The summed E-state index contributed by atoms with van der Waals surface area (Å²) >= 11 is 0. The number of nitrogens with zero attached hydrogens (tertiary/aromatic N) is 1. The first kappa shape index (κ1) is 11.5. The molecule has 0 atom stereocenters. The van der Waals surface area contributed by atoms with Crippen molar-refractivity contribution in [2.75, 3.05) is 11.9 Å². The summed E-state index contributed by atoms with van der Waals surface area (Å²) < 4.78 is 0. The van der Waals surface area contributed by atoms with Gasteiger partial charge in [-0.25, -0.2) is 9.78 Å². The fraction of sp³-hybridized carbons (Fsp3) is 0.455. The van der Waals surface area contributed by atoms with Crippen molar-refractivity contribution < 1.29 is 4.79 Å². The minimum atomic E-state index is -0.217. The third-order valence-electron chi connectivity index (χ3n) is 1.94. The molecular weight excluding hydrogens is 190 g/mol. The summed E-state index contributed by atoms with van der Waals surface area (Å²) in [5.74, 6) is 0.952. The Morgan fingerprint density at radius 3 is 2.80 bits per heavy atom. The number of anilines is 1. The molecule has 0 fully saturated rings. The lowest BCUT2D eigenvalue weighted by Gasteiger charge is -2.08. The second kappa shape index (κ2) is 5.34. The molecule has 0 spiro atoms. The van der Waals surface area contributed by atoms with Gasteiger partial charge in [0.1, 0.15) is 5.82 Å². The maximum Gasteiger partial charge on any atom is 0.320 e. The molecule has 1 aromatic heterocycles. The molecule has 0 aliphatic heterocycles. The molecule has 0 aromatic carbocycles. The van der Waals surface area contributed by atoms with Gasteiger partial charge in [-0.15, -0.1) is 0 Å². The lowest BCUT2D eigenvalue weighted by molar-refractivity contribution is 0.252. The zero-order chi connectivity index (χ0) is 11.3. The van der Waals surface area contributed by atoms with Crippen molar-refractivity contribution in [3.05, 3.63) is 23.9 Å². The van der Waals surface area contributed by atoms with E-state index in [1.54, 1.807) is 6.07 Å². The Kier molecular flexibility index (Phi) is 4.09. The van der Waals surface area contributed by atoms with Crippen molar-refractivity contribution >= 4 is 11.8 Å². The number of nitrogens with one attached hydrogen (secondary N) is 2. The van der Waals surface area contributed by atoms with Crippen molar-refractivity contribution in [2.24, 2.45) is 0 Å². The van der Waals surface area contributed by atoms with Crippen LogP contribution in [0, 0.1) is 0 Å². The van der Waals surface area contributed by atoms with Crippen LogP contribution in [0.5, 0.6) is 0 Å². The zero-order valence-corrected chi connectivity index (χ0v) is 9.37. The predicted molar refractivity (Wildman–Crippen MR) is 61.0 cm³/mol. The van der Waals surface area contributed by atoms with Gasteiger partial charge in [-0.1, -0.05) is 19.9 Å².